The van der Waals surface area contributed by atoms with Gasteiger partial charge in [-0.2, -0.15) is 0 Å². The number of aryl methyl sites for hydroxylation is 1. The molecule has 2 aromatic carbocycles. The zero-order chi connectivity index (χ0) is 17.1. The second kappa shape index (κ2) is 6.58. The number of anilines is 1. The van der Waals surface area contributed by atoms with Gasteiger partial charge in [0.1, 0.15) is 11.5 Å². The molecule has 0 unspecified atom stereocenters. The number of hydrogen-bond donors (Lipinski definition) is 1. The van der Waals surface area contributed by atoms with Crippen LogP contribution in [0.25, 0.3) is 10.9 Å². The van der Waals surface area contributed by atoms with Crippen LogP contribution in [0.5, 0.6) is 11.5 Å². The molecule has 1 heterocycles. The standard InChI is InChI=1S/C19H18N2O3/c1-12-7-8-13-5-4-6-17(18(13)20-12)21-19(22)14-9-15(23-2)11-16(10-14)24-3/h4-11H,1-3H3,(H,21,22). The minimum Gasteiger partial charge on any atom is -0.497 e. The van der Waals surface area contributed by atoms with E-state index in [9.17, 15) is 4.79 Å². The monoisotopic (exact) mass is 322 g/mol. The number of carbonyl (C=O) groups is 1. The van der Waals surface area contributed by atoms with Crippen molar-refractivity contribution in [2.75, 3.05) is 19.5 Å². The number of ether oxygens (including phenoxy) is 2. The van der Waals surface area contributed by atoms with Crippen molar-refractivity contribution in [3.63, 3.8) is 0 Å². The lowest BCUT2D eigenvalue weighted by molar-refractivity contribution is 0.102. The number of benzene rings is 2. The third-order valence-corrected chi connectivity index (χ3v) is 3.72. The Morgan fingerprint density at radius 3 is 2.38 bits per heavy atom. The number of methoxy groups -OCH3 is 2. The van der Waals surface area contributed by atoms with Gasteiger partial charge in [-0.15, -0.1) is 0 Å². The van der Waals surface area contributed by atoms with Crippen LogP contribution in [0.3, 0.4) is 0 Å². The zero-order valence-corrected chi connectivity index (χ0v) is 13.8. The first-order valence-corrected chi connectivity index (χ1v) is 7.51. The van der Waals surface area contributed by atoms with Crippen molar-refractivity contribution >= 4 is 22.5 Å². The van der Waals surface area contributed by atoms with E-state index in [1.165, 1.54) is 0 Å². The minimum atomic E-state index is -0.247. The topological polar surface area (TPSA) is 60.5 Å². The van der Waals surface area contributed by atoms with Crippen molar-refractivity contribution in [2.24, 2.45) is 0 Å². The summed E-state index contributed by atoms with van der Waals surface area (Å²) in [6.07, 6.45) is 0. The molecule has 1 aromatic heterocycles. The normalized spacial score (nSPS) is 10.5. The number of nitrogens with one attached hydrogen (secondary N) is 1. The molecule has 3 rings (SSSR count). The first-order valence-electron chi connectivity index (χ1n) is 7.51. The van der Waals surface area contributed by atoms with Gasteiger partial charge in [-0.3, -0.25) is 9.78 Å². The molecule has 1 N–H and O–H groups in total. The summed E-state index contributed by atoms with van der Waals surface area (Å²) < 4.78 is 10.4. The maximum atomic E-state index is 12.6. The molecule has 5 nitrogen and oxygen atoms in total. The SMILES string of the molecule is COc1cc(OC)cc(C(=O)Nc2cccc3ccc(C)nc23)c1. The fourth-order valence-electron chi connectivity index (χ4n) is 2.48. The zero-order valence-electron chi connectivity index (χ0n) is 13.8. The van der Waals surface area contributed by atoms with Gasteiger partial charge in [0.15, 0.2) is 0 Å². The van der Waals surface area contributed by atoms with E-state index >= 15 is 0 Å². The summed E-state index contributed by atoms with van der Waals surface area (Å²) in [5.41, 5.74) is 2.78. The van der Waals surface area contributed by atoms with Crippen molar-refractivity contribution in [1.82, 2.24) is 4.98 Å². The number of para-hydroxylation sites is 1. The number of nitrogens with zero attached hydrogens (tertiary/aromatic N) is 1. The van der Waals surface area contributed by atoms with Gasteiger partial charge in [-0.1, -0.05) is 18.2 Å². The molecule has 0 aliphatic rings. The van der Waals surface area contributed by atoms with Gasteiger partial charge in [0.25, 0.3) is 5.91 Å². The largest absolute Gasteiger partial charge is 0.497 e. The van der Waals surface area contributed by atoms with E-state index in [0.29, 0.717) is 22.7 Å². The Hall–Kier alpha value is -3.08. The number of amides is 1. The third-order valence-electron chi connectivity index (χ3n) is 3.72. The molecule has 0 saturated carbocycles. The molecule has 3 aromatic rings. The molecule has 0 radical (unpaired) electrons. The Bertz CT molecular complexity index is 884. The number of fused-ring (bicyclic) bond motifs is 1. The molecular weight excluding hydrogens is 304 g/mol. The smallest absolute Gasteiger partial charge is 0.255 e. The predicted octanol–water partition coefficient (Wildman–Crippen LogP) is 3.81. The Labute approximate surface area is 140 Å². The number of hydrogen-bond acceptors (Lipinski definition) is 4. The number of aromatic nitrogens is 1. The second-order valence-corrected chi connectivity index (χ2v) is 5.39. The second-order valence-electron chi connectivity index (χ2n) is 5.39. The lowest BCUT2D eigenvalue weighted by atomic mass is 10.1. The molecular formula is C19H18N2O3. The molecule has 0 aliphatic heterocycles. The van der Waals surface area contributed by atoms with E-state index in [4.69, 9.17) is 9.47 Å². The van der Waals surface area contributed by atoms with Crippen molar-refractivity contribution in [2.45, 2.75) is 6.92 Å². The van der Waals surface area contributed by atoms with Gasteiger partial charge >= 0.3 is 0 Å². The van der Waals surface area contributed by atoms with E-state index in [-0.39, 0.29) is 5.91 Å². The maximum absolute atomic E-state index is 12.6. The quantitative estimate of drug-likeness (QED) is 0.793. The van der Waals surface area contributed by atoms with Gasteiger partial charge in [0.05, 0.1) is 25.4 Å². The van der Waals surface area contributed by atoms with Crippen LogP contribution in [-0.2, 0) is 0 Å². The van der Waals surface area contributed by atoms with E-state index in [2.05, 4.69) is 10.3 Å². The van der Waals surface area contributed by atoms with Gasteiger partial charge in [-0.05, 0) is 31.2 Å². The molecule has 0 bridgehead atoms. The number of pyridine rings is 1. The molecule has 24 heavy (non-hydrogen) atoms. The summed E-state index contributed by atoms with van der Waals surface area (Å²) in [5.74, 6) is 0.876. The average Bonchev–Trinajstić information content (AvgIpc) is 2.61. The Morgan fingerprint density at radius 2 is 1.71 bits per heavy atom. The van der Waals surface area contributed by atoms with Gasteiger partial charge in [0, 0.05) is 22.7 Å². The lowest BCUT2D eigenvalue weighted by Crippen LogP contribution is -2.13. The Kier molecular flexibility index (Phi) is 4.33. The molecule has 0 saturated heterocycles. The minimum absolute atomic E-state index is 0.247. The first kappa shape index (κ1) is 15.8. The first-order chi connectivity index (χ1) is 11.6. The highest BCUT2D eigenvalue weighted by Gasteiger charge is 2.12. The van der Waals surface area contributed by atoms with Crippen molar-refractivity contribution in [3.8, 4) is 11.5 Å². The maximum Gasteiger partial charge on any atom is 0.255 e. The lowest BCUT2D eigenvalue weighted by Gasteiger charge is -2.11. The highest BCUT2D eigenvalue weighted by Crippen LogP contribution is 2.25. The summed E-state index contributed by atoms with van der Waals surface area (Å²) in [5, 5.41) is 3.89. The molecule has 0 aliphatic carbocycles. The molecule has 0 fully saturated rings. The summed E-state index contributed by atoms with van der Waals surface area (Å²) in [7, 11) is 3.10. The summed E-state index contributed by atoms with van der Waals surface area (Å²) in [4.78, 5) is 17.2. The van der Waals surface area contributed by atoms with E-state index in [1.807, 2.05) is 37.3 Å². The molecule has 5 heteroatoms. The summed E-state index contributed by atoms with van der Waals surface area (Å²) in [6.45, 7) is 1.92. The van der Waals surface area contributed by atoms with Gasteiger partial charge < -0.3 is 14.8 Å². The van der Waals surface area contributed by atoms with Crippen molar-refractivity contribution in [1.29, 1.82) is 0 Å². The van der Waals surface area contributed by atoms with Crippen LogP contribution in [0.1, 0.15) is 16.1 Å². The Morgan fingerprint density at radius 1 is 1.00 bits per heavy atom. The van der Waals surface area contributed by atoms with Gasteiger partial charge in [0.2, 0.25) is 0 Å². The number of rotatable bonds is 4. The van der Waals surface area contributed by atoms with Crippen LogP contribution in [0.4, 0.5) is 5.69 Å². The fourth-order valence-corrected chi connectivity index (χ4v) is 2.48. The molecule has 122 valence electrons. The highest BCUT2D eigenvalue weighted by molar-refractivity contribution is 6.08. The van der Waals surface area contributed by atoms with Crippen molar-refractivity contribution in [3.05, 3.63) is 59.8 Å². The highest BCUT2D eigenvalue weighted by atomic mass is 16.5. The van der Waals surface area contributed by atoms with Crippen LogP contribution < -0.4 is 14.8 Å². The van der Waals surface area contributed by atoms with Crippen LogP contribution in [-0.4, -0.2) is 25.1 Å². The van der Waals surface area contributed by atoms with Crippen LogP contribution >= 0.6 is 0 Å². The predicted molar refractivity (Wildman–Crippen MR) is 94.0 cm³/mol. The summed E-state index contributed by atoms with van der Waals surface area (Å²) in [6, 6.07) is 14.7. The number of carbonyl (C=O) groups excluding carboxylic acids is 1. The van der Waals surface area contributed by atoms with E-state index in [0.717, 1.165) is 16.6 Å². The summed E-state index contributed by atoms with van der Waals surface area (Å²) >= 11 is 0. The molecule has 1 amide bonds. The van der Waals surface area contributed by atoms with E-state index < -0.39 is 0 Å². The van der Waals surface area contributed by atoms with Crippen molar-refractivity contribution < 1.29 is 14.3 Å². The Balaban J connectivity index is 1.97. The fraction of sp³-hybridized carbons (Fsp3) is 0.158. The van der Waals surface area contributed by atoms with Crippen LogP contribution in [0.2, 0.25) is 0 Å². The molecule has 0 spiro atoms. The van der Waals surface area contributed by atoms with Crippen LogP contribution in [0, 0.1) is 6.92 Å². The van der Waals surface area contributed by atoms with Gasteiger partial charge in [-0.25, -0.2) is 0 Å². The van der Waals surface area contributed by atoms with E-state index in [1.54, 1.807) is 32.4 Å². The average molecular weight is 322 g/mol. The third kappa shape index (κ3) is 3.15. The van der Waals surface area contributed by atoms with Crippen LogP contribution in [0.15, 0.2) is 48.5 Å². The molecule has 0 atom stereocenters.